The van der Waals surface area contributed by atoms with Gasteiger partial charge < -0.3 is 24.8 Å². The van der Waals surface area contributed by atoms with Crippen molar-refractivity contribution in [2.45, 2.75) is 39.4 Å². The van der Waals surface area contributed by atoms with Crippen LogP contribution in [0.4, 0.5) is 0 Å². The first-order chi connectivity index (χ1) is 13.9. The highest BCUT2D eigenvalue weighted by Gasteiger charge is 2.53. The number of hydrogen-bond donors (Lipinski definition) is 3. The standard InChI is InChI=1S/C22H30O8/c1-7-22(6)10-16(30-21(28)12(2)8-9-29-15(5)24)17(14(4)20(26)27)19(25)18(22)13(3)11-23/h7-8,16-19,23,25H,1,3-4,9-11H2,2,5-6H3,(H,26,27)/b12-8-/t16-,17-,18+,19+,22+/m1/s1. The molecule has 0 spiro atoms. The van der Waals surface area contributed by atoms with Crippen molar-refractivity contribution in [1.82, 2.24) is 0 Å². The van der Waals surface area contributed by atoms with Crippen LogP contribution in [0.25, 0.3) is 0 Å². The number of hydrogen-bond acceptors (Lipinski definition) is 7. The summed E-state index contributed by atoms with van der Waals surface area (Å²) in [6.45, 7) is 15.1. The van der Waals surface area contributed by atoms with Crippen molar-refractivity contribution < 1.29 is 39.2 Å². The molecule has 1 aliphatic carbocycles. The molecule has 0 aromatic heterocycles. The normalized spacial score (nSPS) is 28.9. The van der Waals surface area contributed by atoms with Gasteiger partial charge in [-0.3, -0.25) is 4.79 Å². The predicted molar refractivity (Wildman–Crippen MR) is 109 cm³/mol. The first kappa shape index (κ1) is 25.3. The molecule has 3 N–H and O–H groups in total. The number of carbonyl (C=O) groups excluding carboxylic acids is 2. The van der Waals surface area contributed by atoms with Crippen molar-refractivity contribution in [3.8, 4) is 0 Å². The summed E-state index contributed by atoms with van der Waals surface area (Å²) < 4.78 is 10.3. The second kappa shape index (κ2) is 10.4. The van der Waals surface area contributed by atoms with E-state index < -0.39 is 54.0 Å². The molecule has 0 radical (unpaired) electrons. The van der Waals surface area contributed by atoms with E-state index in [0.29, 0.717) is 5.57 Å². The van der Waals surface area contributed by atoms with E-state index in [4.69, 9.17) is 9.47 Å². The van der Waals surface area contributed by atoms with E-state index in [-0.39, 0.29) is 24.2 Å². The molecule has 0 aromatic rings. The van der Waals surface area contributed by atoms with E-state index >= 15 is 0 Å². The number of aliphatic hydroxyl groups excluding tert-OH is 2. The van der Waals surface area contributed by atoms with Gasteiger partial charge in [-0.15, -0.1) is 6.58 Å². The van der Waals surface area contributed by atoms with Gasteiger partial charge in [0.1, 0.15) is 12.7 Å². The number of allylic oxidation sites excluding steroid dienone is 1. The second-order valence-electron chi connectivity index (χ2n) is 7.69. The number of ether oxygens (including phenoxy) is 2. The molecule has 8 nitrogen and oxygen atoms in total. The summed E-state index contributed by atoms with van der Waals surface area (Å²) in [6.07, 6.45) is 0.739. The number of carboxylic acid groups (broad SMARTS) is 1. The average Bonchev–Trinajstić information content (AvgIpc) is 2.66. The fraction of sp³-hybridized carbons (Fsp3) is 0.500. The molecule has 0 amide bonds. The summed E-state index contributed by atoms with van der Waals surface area (Å²) in [5.74, 6) is -4.41. The lowest BCUT2D eigenvalue weighted by Gasteiger charge is -2.50. The van der Waals surface area contributed by atoms with Crippen molar-refractivity contribution >= 4 is 17.9 Å². The van der Waals surface area contributed by atoms with Crippen molar-refractivity contribution in [2.24, 2.45) is 17.3 Å². The fourth-order valence-electron chi connectivity index (χ4n) is 3.81. The largest absolute Gasteiger partial charge is 0.478 e. The van der Waals surface area contributed by atoms with Gasteiger partial charge in [-0.25, -0.2) is 9.59 Å². The fourth-order valence-corrected chi connectivity index (χ4v) is 3.81. The van der Waals surface area contributed by atoms with Gasteiger partial charge >= 0.3 is 17.9 Å². The van der Waals surface area contributed by atoms with Crippen LogP contribution in [0.5, 0.6) is 0 Å². The van der Waals surface area contributed by atoms with Crippen LogP contribution in [0.1, 0.15) is 27.2 Å². The Kier molecular flexibility index (Phi) is 8.74. The van der Waals surface area contributed by atoms with Gasteiger partial charge in [-0.05, 0) is 30.4 Å². The SMILES string of the molecule is C=C[C@@]1(C)C[C@@H](OC(=O)/C(C)=C\COC(C)=O)[C@@H](C(=C)C(=O)O)[C@H](O)[C@@H]1C(=C)CO. The first-order valence-electron chi connectivity index (χ1n) is 9.43. The Morgan fingerprint density at radius 2 is 1.83 bits per heavy atom. The van der Waals surface area contributed by atoms with Crippen molar-refractivity contribution in [3.63, 3.8) is 0 Å². The summed E-state index contributed by atoms with van der Waals surface area (Å²) >= 11 is 0. The number of carboxylic acids is 1. The average molecular weight is 422 g/mol. The number of aliphatic carboxylic acids is 1. The zero-order valence-corrected chi connectivity index (χ0v) is 17.6. The minimum absolute atomic E-state index is 0.113. The molecule has 0 aromatic carbocycles. The minimum atomic E-state index is -1.34. The van der Waals surface area contributed by atoms with Crippen LogP contribution in [0.3, 0.4) is 0 Å². The van der Waals surface area contributed by atoms with Crippen LogP contribution >= 0.6 is 0 Å². The van der Waals surface area contributed by atoms with Crippen LogP contribution in [0, 0.1) is 17.3 Å². The topological polar surface area (TPSA) is 130 Å². The maximum absolute atomic E-state index is 12.5. The van der Waals surface area contributed by atoms with Gasteiger partial charge in [0.25, 0.3) is 0 Å². The lowest BCUT2D eigenvalue weighted by atomic mass is 9.58. The number of esters is 2. The smallest absolute Gasteiger partial charge is 0.333 e. The summed E-state index contributed by atoms with van der Waals surface area (Å²) in [5.41, 5.74) is -0.666. The molecule has 0 aliphatic heterocycles. The Hall–Kier alpha value is -2.71. The molecule has 0 heterocycles. The van der Waals surface area contributed by atoms with Gasteiger partial charge in [-0.1, -0.05) is 26.2 Å². The molecule has 1 fully saturated rings. The Bertz CT molecular complexity index is 765. The molecular weight excluding hydrogens is 392 g/mol. The van der Waals surface area contributed by atoms with E-state index in [1.807, 2.05) is 0 Å². The molecule has 1 rings (SSSR count). The third-order valence-corrected chi connectivity index (χ3v) is 5.50. The van der Waals surface area contributed by atoms with Gasteiger partial charge in [0, 0.05) is 24.0 Å². The van der Waals surface area contributed by atoms with Crippen molar-refractivity contribution in [3.05, 3.63) is 48.6 Å². The summed E-state index contributed by atoms with van der Waals surface area (Å²) in [5, 5.41) is 30.0. The highest BCUT2D eigenvalue weighted by atomic mass is 16.5. The number of aliphatic hydroxyl groups is 2. The second-order valence-corrected chi connectivity index (χ2v) is 7.69. The lowest BCUT2D eigenvalue weighted by Crippen LogP contribution is -2.54. The Morgan fingerprint density at radius 1 is 1.23 bits per heavy atom. The third kappa shape index (κ3) is 5.67. The number of carbonyl (C=O) groups is 3. The molecule has 1 saturated carbocycles. The highest BCUT2D eigenvalue weighted by Crippen LogP contribution is 2.50. The molecule has 0 bridgehead atoms. The molecule has 30 heavy (non-hydrogen) atoms. The summed E-state index contributed by atoms with van der Waals surface area (Å²) in [7, 11) is 0. The zero-order chi connectivity index (χ0) is 23.2. The Morgan fingerprint density at radius 3 is 2.30 bits per heavy atom. The van der Waals surface area contributed by atoms with Crippen molar-refractivity contribution in [2.75, 3.05) is 13.2 Å². The van der Waals surface area contributed by atoms with Crippen LogP contribution in [-0.4, -0.2) is 58.6 Å². The van der Waals surface area contributed by atoms with Crippen molar-refractivity contribution in [1.29, 1.82) is 0 Å². The van der Waals surface area contributed by atoms with Crippen LogP contribution in [0.15, 0.2) is 48.6 Å². The van der Waals surface area contributed by atoms with Gasteiger partial charge in [-0.2, -0.15) is 0 Å². The molecule has 166 valence electrons. The van der Waals surface area contributed by atoms with Crippen LogP contribution < -0.4 is 0 Å². The molecule has 8 heteroatoms. The van der Waals surface area contributed by atoms with Crippen LogP contribution in [0.2, 0.25) is 0 Å². The minimum Gasteiger partial charge on any atom is -0.478 e. The van der Waals surface area contributed by atoms with E-state index in [2.05, 4.69) is 19.7 Å². The van der Waals surface area contributed by atoms with Crippen LogP contribution in [-0.2, 0) is 23.9 Å². The molecule has 5 atom stereocenters. The van der Waals surface area contributed by atoms with Gasteiger partial charge in [0.2, 0.25) is 0 Å². The molecule has 1 aliphatic rings. The van der Waals surface area contributed by atoms with Gasteiger partial charge in [0.05, 0.1) is 18.6 Å². The van der Waals surface area contributed by atoms with E-state index in [1.165, 1.54) is 19.9 Å². The molecule has 0 unspecified atom stereocenters. The van der Waals surface area contributed by atoms with Gasteiger partial charge in [0.15, 0.2) is 0 Å². The zero-order valence-electron chi connectivity index (χ0n) is 17.6. The van der Waals surface area contributed by atoms with E-state index in [0.717, 1.165) is 0 Å². The maximum Gasteiger partial charge on any atom is 0.333 e. The predicted octanol–water partition coefficient (Wildman–Crippen LogP) is 1.79. The van der Waals surface area contributed by atoms with E-state index in [1.54, 1.807) is 13.0 Å². The lowest BCUT2D eigenvalue weighted by molar-refractivity contribution is -0.161. The summed E-state index contributed by atoms with van der Waals surface area (Å²) in [4.78, 5) is 35.0. The molecule has 0 saturated heterocycles. The maximum atomic E-state index is 12.5. The summed E-state index contributed by atoms with van der Waals surface area (Å²) in [6, 6.07) is 0. The Balaban J connectivity index is 3.26. The first-order valence-corrected chi connectivity index (χ1v) is 9.43. The molecular formula is C22H30O8. The Labute approximate surface area is 176 Å². The van der Waals surface area contributed by atoms with E-state index in [9.17, 15) is 29.7 Å². The number of rotatable bonds is 9. The third-order valence-electron chi connectivity index (χ3n) is 5.50. The quantitative estimate of drug-likeness (QED) is 0.291. The monoisotopic (exact) mass is 422 g/mol. The highest BCUT2D eigenvalue weighted by molar-refractivity contribution is 5.89.